The van der Waals surface area contributed by atoms with Crippen LogP contribution in [0.2, 0.25) is 0 Å². The van der Waals surface area contributed by atoms with Crippen LogP contribution in [0.25, 0.3) is 16.7 Å². The van der Waals surface area contributed by atoms with E-state index in [0.717, 1.165) is 24.2 Å². The number of anilines is 3. The Morgan fingerprint density at radius 3 is 2.33 bits per heavy atom. The molecule has 0 unspecified atom stereocenters. The minimum atomic E-state index is -0.428. The lowest BCUT2D eigenvalue weighted by Crippen LogP contribution is -2.41. The molecular weight excluding hydrogens is 418 g/mol. The molecule has 2 aromatic carbocycles. The molecule has 5 rings (SSSR count). The molecule has 2 heterocycles. The zero-order valence-electron chi connectivity index (χ0n) is 18.8. The summed E-state index contributed by atoms with van der Waals surface area (Å²) < 4.78 is 4.17. The van der Waals surface area contributed by atoms with Gasteiger partial charge in [0.15, 0.2) is 0 Å². The van der Waals surface area contributed by atoms with E-state index in [1.807, 2.05) is 61.5 Å². The second-order valence-corrected chi connectivity index (χ2v) is 8.58. The Hall–Kier alpha value is -4.07. The van der Waals surface area contributed by atoms with Gasteiger partial charge in [-0.05, 0) is 43.2 Å². The average Bonchev–Trinajstić information content (AvgIpc) is 3.63. The SMILES string of the molecule is CN(C)c1cccc(Nc2cc(=O)n(C)c3c2c(=O)n(C2CC2)c(=O)n3-c2ccccc2)c1. The van der Waals surface area contributed by atoms with Gasteiger partial charge in [-0.25, -0.2) is 9.36 Å². The molecule has 0 radical (unpaired) electrons. The Balaban J connectivity index is 1.86. The molecule has 1 aliphatic carbocycles. The summed E-state index contributed by atoms with van der Waals surface area (Å²) in [6, 6.07) is 18.1. The van der Waals surface area contributed by atoms with E-state index in [-0.39, 0.29) is 22.8 Å². The highest BCUT2D eigenvalue weighted by Crippen LogP contribution is 2.33. The molecule has 0 spiro atoms. The van der Waals surface area contributed by atoms with Crippen LogP contribution in [0.15, 0.2) is 75.0 Å². The Kier molecular flexibility index (Phi) is 4.92. The number of nitrogens with zero attached hydrogens (tertiary/aromatic N) is 4. The van der Waals surface area contributed by atoms with Gasteiger partial charge in [-0.2, -0.15) is 0 Å². The van der Waals surface area contributed by atoms with E-state index < -0.39 is 5.69 Å². The van der Waals surface area contributed by atoms with Crippen molar-refractivity contribution >= 4 is 28.1 Å². The van der Waals surface area contributed by atoms with Gasteiger partial charge in [-0.1, -0.05) is 24.3 Å². The minimum absolute atomic E-state index is 0.119. The number of para-hydroxylation sites is 1. The van der Waals surface area contributed by atoms with Crippen molar-refractivity contribution in [2.75, 3.05) is 24.3 Å². The van der Waals surface area contributed by atoms with Crippen molar-refractivity contribution in [1.29, 1.82) is 0 Å². The van der Waals surface area contributed by atoms with Crippen LogP contribution in [-0.2, 0) is 7.05 Å². The van der Waals surface area contributed by atoms with Gasteiger partial charge < -0.3 is 10.2 Å². The standard InChI is InChI=1S/C25H25N5O3/c1-27(2)19-11-7-8-16(14-19)26-20-15-21(31)28(3)23-22(20)24(32)30(18-12-13-18)25(33)29(23)17-9-5-4-6-10-17/h4-11,14-15,18,26H,12-13H2,1-3H3. The zero-order valence-corrected chi connectivity index (χ0v) is 18.8. The van der Waals surface area contributed by atoms with Gasteiger partial charge in [0.25, 0.3) is 11.1 Å². The fourth-order valence-electron chi connectivity index (χ4n) is 4.14. The highest BCUT2D eigenvalue weighted by molar-refractivity contribution is 5.91. The van der Waals surface area contributed by atoms with E-state index in [9.17, 15) is 14.4 Å². The monoisotopic (exact) mass is 443 g/mol. The predicted octanol–water partition coefficient (Wildman–Crippen LogP) is 3.00. The van der Waals surface area contributed by atoms with Crippen LogP contribution in [0.5, 0.6) is 0 Å². The Morgan fingerprint density at radius 2 is 1.67 bits per heavy atom. The van der Waals surface area contributed by atoms with E-state index in [1.54, 1.807) is 19.2 Å². The summed E-state index contributed by atoms with van der Waals surface area (Å²) in [4.78, 5) is 42.1. The average molecular weight is 444 g/mol. The van der Waals surface area contributed by atoms with Crippen LogP contribution < -0.4 is 27.0 Å². The Labute approximate surface area is 189 Å². The highest BCUT2D eigenvalue weighted by atomic mass is 16.2. The molecule has 8 nitrogen and oxygen atoms in total. The van der Waals surface area contributed by atoms with Crippen molar-refractivity contribution in [3.05, 3.63) is 91.9 Å². The number of hydrogen-bond donors (Lipinski definition) is 1. The number of rotatable bonds is 5. The molecule has 1 saturated carbocycles. The van der Waals surface area contributed by atoms with E-state index >= 15 is 0 Å². The van der Waals surface area contributed by atoms with Crippen molar-refractivity contribution in [3.8, 4) is 5.69 Å². The minimum Gasteiger partial charge on any atom is -0.378 e. The molecule has 1 fully saturated rings. The summed E-state index contributed by atoms with van der Waals surface area (Å²) in [6.07, 6.45) is 1.57. The van der Waals surface area contributed by atoms with Gasteiger partial charge in [0, 0.05) is 44.6 Å². The topological polar surface area (TPSA) is 81.3 Å². The fourth-order valence-corrected chi connectivity index (χ4v) is 4.14. The molecule has 0 atom stereocenters. The van der Waals surface area contributed by atoms with Crippen LogP contribution >= 0.6 is 0 Å². The largest absolute Gasteiger partial charge is 0.378 e. The molecule has 0 amide bonds. The third-order valence-electron chi connectivity index (χ3n) is 6.02. The van der Waals surface area contributed by atoms with Gasteiger partial charge in [0.05, 0.1) is 11.4 Å². The zero-order chi connectivity index (χ0) is 23.3. The first-order chi connectivity index (χ1) is 15.9. The summed E-state index contributed by atoms with van der Waals surface area (Å²) in [5.41, 5.74) is 1.84. The first-order valence-electron chi connectivity index (χ1n) is 10.9. The van der Waals surface area contributed by atoms with Crippen LogP contribution in [-0.4, -0.2) is 27.8 Å². The van der Waals surface area contributed by atoms with Gasteiger partial charge >= 0.3 is 5.69 Å². The molecule has 2 aromatic heterocycles. The molecule has 4 aromatic rings. The number of benzene rings is 2. The van der Waals surface area contributed by atoms with Crippen LogP contribution in [0.4, 0.5) is 17.1 Å². The number of pyridine rings is 1. The van der Waals surface area contributed by atoms with Crippen LogP contribution in [0.1, 0.15) is 18.9 Å². The fraction of sp³-hybridized carbons (Fsp3) is 0.240. The number of aryl methyl sites for hydroxylation is 1. The molecule has 1 N–H and O–H groups in total. The molecule has 0 saturated heterocycles. The molecular formula is C25H25N5O3. The van der Waals surface area contributed by atoms with E-state index in [4.69, 9.17) is 0 Å². The summed E-state index contributed by atoms with van der Waals surface area (Å²) >= 11 is 0. The van der Waals surface area contributed by atoms with E-state index in [2.05, 4.69) is 5.32 Å². The highest BCUT2D eigenvalue weighted by Gasteiger charge is 2.30. The maximum Gasteiger partial charge on any atom is 0.337 e. The third kappa shape index (κ3) is 3.53. The molecule has 8 heteroatoms. The second-order valence-electron chi connectivity index (χ2n) is 8.58. The van der Waals surface area contributed by atoms with Gasteiger partial charge in [0.2, 0.25) is 0 Å². The number of hydrogen-bond acceptors (Lipinski definition) is 5. The lowest BCUT2D eigenvalue weighted by Gasteiger charge is -2.19. The molecule has 0 bridgehead atoms. The smallest absolute Gasteiger partial charge is 0.337 e. The number of fused-ring (bicyclic) bond motifs is 1. The quantitative estimate of drug-likeness (QED) is 0.513. The maximum absolute atomic E-state index is 13.7. The maximum atomic E-state index is 13.7. The van der Waals surface area contributed by atoms with Crippen molar-refractivity contribution in [3.63, 3.8) is 0 Å². The molecule has 33 heavy (non-hydrogen) atoms. The Morgan fingerprint density at radius 1 is 0.939 bits per heavy atom. The first kappa shape index (κ1) is 20.8. The van der Waals surface area contributed by atoms with Crippen molar-refractivity contribution in [2.45, 2.75) is 18.9 Å². The Bertz CT molecular complexity index is 1540. The van der Waals surface area contributed by atoms with Crippen LogP contribution in [0, 0.1) is 0 Å². The first-order valence-corrected chi connectivity index (χ1v) is 10.9. The summed E-state index contributed by atoms with van der Waals surface area (Å²) in [7, 11) is 5.47. The lowest BCUT2D eigenvalue weighted by molar-refractivity contribution is 0.637. The van der Waals surface area contributed by atoms with E-state index in [0.29, 0.717) is 16.8 Å². The molecule has 1 aliphatic rings. The number of nitrogens with one attached hydrogen (secondary N) is 1. The molecule has 168 valence electrons. The van der Waals surface area contributed by atoms with Crippen molar-refractivity contribution in [2.24, 2.45) is 7.05 Å². The van der Waals surface area contributed by atoms with Crippen LogP contribution in [0.3, 0.4) is 0 Å². The lowest BCUT2D eigenvalue weighted by atomic mass is 10.2. The summed E-state index contributed by atoms with van der Waals surface area (Å²) in [5.74, 6) is 0. The van der Waals surface area contributed by atoms with E-state index in [1.165, 1.54) is 19.8 Å². The van der Waals surface area contributed by atoms with Gasteiger partial charge in [0.1, 0.15) is 11.0 Å². The van der Waals surface area contributed by atoms with Crippen molar-refractivity contribution < 1.29 is 0 Å². The summed E-state index contributed by atoms with van der Waals surface area (Å²) in [5, 5.41) is 3.58. The van der Waals surface area contributed by atoms with Crippen molar-refractivity contribution in [1.82, 2.24) is 13.7 Å². The van der Waals surface area contributed by atoms with Gasteiger partial charge in [-0.15, -0.1) is 0 Å². The predicted molar refractivity (Wildman–Crippen MR) is 131 cm³/mol. The second kappa shape index (κ2) is 7.81. The third-order valence-corrected chi connectivity index (χ3v) is 6.02. The number of aromatic nitrogens is 3. The summed E-state index contributed by atoms with van der Waals surface area (Å²) in [6.45, 7) is 0. The molecule has 0 aliphatic heterocycles. The van der Waals surface area contributed by atoms with Gasteiger partial charge in [-0.3, -0.25) is 18.7 Å². The normalized spacial score (nSPS) is 13.3.